The third kappa shape index (κ3) is 3.24. The van der Waals surface area contributed by atoms with Crippen molar-refractivity contribution >= 4 is 17.5 Å². The van der Waals surface area contributed by atoms with Crippen LogP contribution in [0.1, 0.15) is 52.3 Å². The summed E-state index contributed by atoms with van der Waals surface area (Å²) in [5.41, 5.74) is 1.10. The van der Waals surface area contributed by atoms with E-state index in [1.165, 1.54) is 0 Å². The summed E-state index contributed by atoms with van der Waals surface area (Å²) in [5, 5.41) is 4.19. The van der Waals surface area contributed by atoms with Crippen LogP contribution in [0.15, 0.2) is 24.3 Å². The van der Waals surface area contributed by atoms with Gasteiger partial charge >= 0.3 is 0 Å². The van der Waals surface area contributed by atoms with Crippen molar-refractivity contribution in [1.29, 1.82) is 0 Å². The molecule has 4 unspecified atom stereocenters. The van der Waals surface area contributed by atoms with Crippen molar-refractivity contribution in [2.24, 2.45) is 5.92 Å². The standard InChI is InChI=1S/C17H25ClN2O/c1-5-11(3)12(4)20-16(19-15(6-2)17(20)21)13-7-9-14(18)10-8-13/h7-12,15-16,19H,5-6H2,1-4H3. The van der Waals surface area contributed by atoms with E-state index in [4.69, 9.17) is 11.6 Å². The predicted molar refractivity (Wildman–Crippen MR) is 87.2 cm³/mol. The van der Waals surface area contributed by atoms with Crippen molar-refractivity contribution in [1.82, 2.24) is 10.2 Å². The van der Waals surface area contributed by atoms with Crippen molar-refractivity contribution in [3.8, 4) is 0 Å². The van der Waals surface area contributed by atoms with Gasteiger partial charge in [0.2, 0.25) is 5.91 Å². The van der Waals surface area contributed by atoms with Gasteiger partial charge < -0.3 is 4.90 Å². The van der Waals surface area contributed by atoms with Crippen molar-refractivity contribution in [2.45, 2.75) is 58.8 Å². The van der Waals surface area contributed by atoms with E-state index in [0.717, 1.165) is 23.4 Å². The van der Waals surface area contributed by atoms with Gasteiger partial charge in [0, 0.05) is 11.1 Å². The number of nitrogens with zero attached hydrogens (tertiary/aromatic N) is 1. The molecule has 0 saturated carbocycles. The van der Waals surface area contributed by atoms with Gasteiger partial charge in [-0.2, -0.15) is 0 Å². The van der Waals surface area contributed by atoms with Crippen LogP contribution in [0, 0.1) is 5.92 Å². The maximum atomic E-state index is 12.7. The fraction of sp³-hybridized carbons (Fsp3) is 0.588. The summed E-state index contributed by atoms with van der Waals surface area (Å²) >= 11 is 5.97. The molecule has 1 aromatic carbocycles. The highest BCUT2D eigenvalue weighted by Gasteiger charge is 2.41. The Morgan fingerprint density at radius 2 is 1.86 bits per heavy atom. The average molecular weight is 309 g/mol. The first-order valence-corrected chi connectivity index (χ1v) is 8.21. The third-order valence-corrected chi connectivity index (χ3v) is 4.94. The molecule has 0 radical (unpaired) electrons. The van der Waals surface area contributed by atoms with Gasteiger partial charge in [-0.05, 0) is 37.0 Å². The molecule has 0 spiro atoms. The van der Waals surface area contributed by atoms with Crippen molar-refractivity contribution in [2.75, 3.05) is 0 Å². The molecule has 1 saturated heterocycles. The fourth-order valence-corrected chi connectivity index (χ4v) is 3.02. The molecule has 2 rings (SSSR count). The second-order valence-electron chi connectivity index (χ2n) is 5.95. The lowest BCUT2D eigenvalue weighted by molar-refractivity contribution is -0.133. The van der Waals surface area contributed by atoms with Gasteiger partial charge in [-0.3, -0.25) is 10.1 Å². The predicted octanol–water partition coefficient (Wildman–Crippen LogP) is 3.98. The van der Waals surface area contributed by atoms with E-state index < -0.39 is 0 Å². The fourth-order valence-electron chi connectivity index (χ4n) is 2.89. The Morgan fingerprint density at radius 3 is 2.38 bits per heavy atom. The smallest absolute Gasteiger partial charge is 0.241 e. The summed E-state index contributed by atoms with van der Waals surface area (Å²) in [6.07, 6.45) is 1.82. The number of hydrogen-bond acceptors (Lipinski definition) is 2. The largest absolute Gasteiger partial charge is 0.319 e. The van der Waals surface area contributed by atoms with E-state index >= 15 is 0 Å². The van der Waals surface area contributed by atoms with E-state index in [1.54, 1.807) is 0 Å². The number of rotatable bonds is 5. The van der Waals surface area contributed by atoms with Crippen molar-refractivity contribution in [3.63, 3.8) is 0 Å². The molecule has 3 nitrogen and oxygen atoms in total. The highest BCUT2D eigenvalue weighted by molar-refractivity contribution is 6.30. The van der Waals surface area contributed by atoms with Crippen LogP contribution < -0.4 is 5.32 Å². The SMILES string of the molecule is CCC1NC(c2ccc(Cl)cc2)N(C(C)C(C)CC)C1=O. The first-order valence-electron chi connectivity index (χ1n) is 7.83. The van der Waals surface area contributed by atoms with Crippen LogP contribution in [-0.2, 0) is 4.79 Å². The van der Waals surface area contributed by atoms with E-state index in [9.17, 15) is 4.79 Å². The molecule has 0 bridgehead atoms. The van der Waals surface area contributed by atoms with E-state index in [2.05, 4.69) is 26.1 Å². The Balaban J connectivity index is 2.32. The zero-order valence-corrected chi connectivity index (χ0v) is 14.0. The molecule has 1 N–H and O–H groups in total. The van der Waals surface area contributed by atoms with Gasteiger partial charge in [0.15, 0.2) is 0 Å². The molecule has 1 aromatic rings. The van der Waals surface area contributed by atoms with Gasteiger partial charge in [0.25, 0.3) is 0 Å². The number of nitrogens with one attached hydrogen (secondary N) is 1. The summed E-state index contributed by atoms with van der Waals surface area (Å²) in [5.74, 6) is 0.686. The highest BCUT2D eigenvalue weighted by atomic mass is 35.5. The number of benzene rings is 1. The summed E-state index contributed by atoms with van der Waals surface area (Å²) < 4.78 is 0. The maximum absolute atomic E-state index is 12.7. The number of carbonyl (C=O) groups is 1. The molecule has 0 aromatic heterocycles. The molecular formula is C17H25ClN2O. The number of carbonyl (C=O) groups excluding carboxylic acids is 1. The molecular weight excluding hydrogens is 284 g/mol. The Kier molecular flexibility index (Phi) is 5.28. The average Bonchev–Trinajstić information content (AvgIpc) is 2.83. The minimum absolute atomic E-state index is 0.0521. The van der Waals surface area contributed by atoms with Gasteiger partial charge in [-0.25, -0.2) is 0 Å². The molecule has 0 aliphatic carbocycles. The van der Waals surface area contributed by atoms with E-state index in [0.29, 0.717) is 5.92 Å². The quantitative estimate of drug-likeness (QED) is 0.892. The Hall–Kier alpha value is -1.06. The molecule has 4 atom stereocenters. The summed E-state index contributed by atoms with van der Waals surface area (Å²) in [4.78, 5) is 14.7. The summed E-state index contributed by atoms with van der Waals surface area (Å²) in [6.45, 7) is 8.57. The molecule has 1 aliphatic heterocycles. The molecule has 1 aliphatic rings. The summed E-state index contributed by atoms with van der Waals surface area (Å²) in [6, 6.07) is 7.90. The number of amides is 1. The number of hydrogen-bond donors (Lipinski definition) is 1. The highest BCUT2D eigenvalue weighted by Crippen LogP contribution is 2.32. The summed E-state index contributed by atoms with van der Waals surface area (Å²) in [7, 11) is 0. The Morgan fingerprint density at radius 1 is 1.24 bits per heavy atom. The van der Waals surface area contributed by atoms with Crippen LogP contribution in [0.25, 0.3) is 0 Å². The van der Waals surface area contributed by atoms with Crippen LogP contribution in [0.5, 0.6) is 0 Å². The molecule has 4 heteroatoms. The van der Waals surface area contributed by atoms with Crippen molar-refractivity contribution < 1.29 is 4.79 Å². The van der Waals surface area contributed by atoms with Crippen LogP contribution in [0.4, 0.5) is 0 Å². The first kappa shape index (κ1) is 16.3. The van der Waals surface area contributed by atoms with Crippen LogP contribution in [0.3, 0.4) is 0 Å². The number of halogens is 1. The molecule has 21 heavy (non-hydrogen) atoms. The first-order chi connectivity index (χ1) is 9.99. The monoisotopic (exact) mass is 308 g/mol. The van der Waals surface area contributed by atoms with E-state index in [1.807, 2.05) is 36.1 Å². The molecule has 1 fully saturated rings. The minimum atomic E-state index is -0.0859. The van der Waals surface area contributed by atoms with Crippen LogP contribution in [0.2, 0.25) is 5.02 Å². The minimum Gasteiger partial charge on any atom is -0.319 e. The normalized spacial score (nSPS) is 25.2. The second-order valence-corrected chi connectivity index (χ2v) is 6.39. The molecule has 116 valence electrons. The zero-order chi connectivity index (χ0) is 15.6. The zero-order valence-electron chi connectivity index (χ0n) is 13.3. The van der Waals surface area contributed by atoms with Gasteiger partial charge in [-0.1, -0.05) is 50.9 Å². The Bertz CT molecular complexity index is 488. The van der Waals surface area contributed by atoms with Crippen molar-refractivity contribution in [3.05, 3.63) is 34.9 Å². The lowest BCUT2D eigenvalue weighted by Gasteiger charge is -2.34. The van der Waals surface area contributed by atoms with Crippen LogP contribution in [-0.4, -0.2) is 22.9 Å². The topological polar surface area (TPSA) is 32.3 Å². The lowest BCUT2D eigenvalue weighted by atomic mass is 9.98. The molecule has 1 amide bonds. The van der Waals surface area contributed by atoms with Crippen LogP contribution >= 0.6 is 11.6 Å². The second kappa shape index (κ2) is 6.80. The van der Waals surface area contributed by atoms with E-state index in [-0.39, 0.29) is 24.2 Å². The maximum Gasteiger partial charge on any atom is 0.241 e. The van der Waals surface area contributed by atoms with Gasteiger partial charge in [0.1, 0.15) is 6.17 Å². The Labute approximate surface area is 132 Å². The molecule has 1 heterocycles. The van der Waals surface area contributed by atoms with Gasteiger partial charge in [-0.15, -0.1) is 0 Å². The van der Waals surface area contributed by atoms with Gasteiger partial charge in [0.05, 0.1) is 6.04 Å². The third-order valence-electron chi connectivity index (χ3n) is 4.69. The lowest BCUT2D eigenvalue weighted by Crippen LogP contribution is -2.41.